The van der Waals surface area contributed by atoms with E-state index in [1.807, 2.05) is 12.1 Å². The minimum atomic E-state index is 0.956. The van der Waals surface area contributed by atoms with Gasteiger partial charge in [-0.25, -0.2) is 0 Å². The number of alkyl halides is 1. The van der Waals surface area contributed by atoms with Crippen LogP contribution in [0.3, 0.4) is 0 Å². The van der Waals surface area contributed by atoms with Gasteiger partial charge in [0, 0.05) is 4.43 Å². The highest BCUT2D eigenvalue weighted by Crippen LogP contribution is 2.17. The van der Waals surface area contributed by atoms with Crippen LogP contribution in [0.25, 0.3) is 5.20 Å². The molecule has 1 rings (SSSR count). The lowest BCUT2D eigenvalue weighted by molar-refractivity contribution is 1.43. The third-order valence-electron chi connectivity index (χ3n) is 1.49. The van der Waals surface area contributed by atoms with Gasteiger partial charge in [0.05, 0.1) is 10.2 Å². The fourth-order valence-corrected chi connectivity index (χ4v) is 1.84. The second-order valence-corrected chi connectivity index (χ2v) is 3.64. The molecule has 0 aromatic heterocycles. The Morgan fingerprint density at radius 3 is 2.55 bits per heavy atom. The van der Waals surface area contributed by atoms with E-state index in [-0.39, 0.29) is 0 Å². The fraction of sp³-hybridized carbons (Fsp3) is 0.111. The molecule has 1 aromatic rings. The highest BCUT2D eigenvalue weighted by atomic mass is 127. The zero-order chi connectivity index (χ0) is 8.27. The molecule has 11 heavy (non-hydrogen) atoms. The molecule has 0 atom stereocenters. The van der Waals surface area contributed by atoms with E-state index in [1.165, 1.54) is 11.1 Å². The molecule has 0 aliphatic carbocycles. The molecule has 0 saturated heterocycles. The minimum Gasteiger partial charge on any atom is -0.100 e. The zero-order valence-corrected chi connectivity index (χ0v) is 9.26. The first kappa shape index (κ1) is 9.00. The Morgan fingerprint density at radius 1 is 1.45 bits per heavy atom. The average molecular weight is 271 g/mol. The van der Waals surface area contributed by atoms with Crippen LogP contribution in [0.4, 0.5) is 0 Å². The molecular formula is C9H8ISi. The molecule has 0 saturated carbocycles. The molecule has 1 aromatic carbocycles. The van der Waals surface area contributed by atoms with E-state index >= 15 is 0 Å². The van der Waals surface area contributed by atoms with Crippen LogP contribution in [-0.4, -0.2) is 10.2 Å². The lowest BCUT2D eigenvalue weighted by Gasteiger charge is -2.04. The van der Waals surface area contributed by atoms with Crippen molar-refractivity contribution in [1.82, 2.24) is 0 Å². The van der Waals surface area contributed by atoms with Gasteiger partial charge < -0.3 is 0 Å². The fourth-order valence-electron chi connectivity index (χ4n) is 0.931. The molecule has 0 bridgehead atoms. The van der Waals surface area contributed by atoms with Crippen LogP contribution >= 0.6 is 22.6 Å². The van der Waals surface area contributed by atoms with Crippen molar-refractivity contribution in [3.63, 3.8) is 0 Å². The highest BCUT2D eigenvalue weighted by Gasteiger charge is 1.98. The molecule has 0 heterocycles. The topological polar surface area (TPSA) is 0 Å². The van der Waals surface area contributed by atoms with Crippen molar-refractivity contribution in [3.8, 4) is 0 Å². The van der Waals surface area contributed by atoms with E-state index in [9.17, 15) is 0 Å². The maximum absolute atomic E-state index is 3.84. The molecule has 55 valence electrons. The van der Waals surface area contributed by atoms with Crippen LogP contribution in [0.15, 0.2) is 30.8 Å². The van der Waals surface area contributed by atoms with Crippen LogP contribution in [-0.2, 0) is 4.43 Å². The molecule has 0 aliphatic rings. The number of benzene rings is 1. The second kappa shape index (κ2) is 4.06. The summed E-state index contributed by atoms with van der Waals surface area (Å²) in [6.45, 7) is 3.84. The minimum absolute atomic E-state index is 0.956. The Kier molecular flexibility index (Phi) is 3.32. The predicted octanol–water partition coefficient (Wildman–Crippen LogP) is 2.76. The van der Waals surface area contributed by atoms with Crippen molar-refractivity contribution in [2.24, 2.45) is 0 Å². The summed E-state index contributed by atoms with van der Waals surface area (Å²) >= 11 is 2.35. The van der Waals surface area contributed by atoms with Crippen LogP contribution < -0.4 is 0 Å². The molecule has 0 fully saturated rings. The van der Waals surface area contributed by atoms with E-state index in [2.05, 4.69) is 51.5 Å². The van der Waals surface area contributed by atoms with Gasteiger partial charge >= 0.3 is 0 Å². The quantitative estimate of drug-likeness (QED) is 0.441. The van der Waals surface area contributed by atoms with Crippen LogP contribution in [0.5, 0.6) is 0 Å². The molecule has 3 radical (unpaired) electrons. The number of halogens is 1. The molecular weight excluding hydrogens is 263 g/mol. The van der Waals surface area contributed by atoms with Gasteiger partial charge in [0.1, 0.15) is 0 Å². The van der Waals surface area contributed by atoms with Crippen molar-refractivity contribution >= 4 is 38.0 Å². The van der Waals surface area contributed by atoms with Gasteiger partial charge in [0.15, 0.2) is 0 Å². The van der Waals surface area contributed by atoms with Crippen molar-refractivity contribution in [1.29, 1.82) is 0 Å². The van der Waals surface area contributed by atoms with E-state index in [4.69, 9.17) is 0 Å². The Morgan fingerprint density at radius 2 is 2.09 bits per heavy atom. The van der Waals surface area contributed by atoms with Crippen molar-refractivity contribution in [3.05, 3.63) is 42.0 Å². The standard InChI is InChI=1S/C9H8ISi/c1-7(11)9-5-3-2-4-8(9)6-10/h2-5H,1,6H2. The Balaban J connectivity index is 3.12. The summed E-state index contributed by atoms with van der Waals surface area (Å²) < 4.78 is 1.03. The summed E-state index contributed by atoms with van der Waals surface area (Å²) in [7, 11) is 3.43. The van der Waals surface area contributed by atoms with Gasteiger partial charge in [-0.05, 0) is 11.1 Å². The molecule has 0 aliphatic heterocycles. The molecule has 0 nitrogen and oxygen atoms in total. The first-order chi connectivity index (χ1) is 5.25. The second-order valence-electron chi connectivity index (χ2n) is 2.27. The zero-order valence-electron chi connectivity index (χ0n) is 6.10. The van der Waals surface area contributed by atoms with Crippen LogP contribution in [0.2, 0.25) is 0 Å². The van der Waals surface area contributed by atoms with E-state index in [1.54, 1.807) is 0 Å². The van der Waals surface area contributed by atoms with Crippen LogP contribution in [0, 0.1) is 0 Å². The van der Waals surface area contributed by atoms with Gasteiger partial charge in [-0.2, -0.15) is 0 Å². The maximum atomic E-state index is 3.84. The third kappa shape index (κ3) is 2.17. The van der Waals surface area contributed by atoms with E-state index < -0.39 is 0 Å². The third-order valence-corrected chi connectivity index (χ3v) is 2.58. The van der Waals surface area contributed by atoms with E-state index in [0.717, 1.165) is 9.62 Å². The SMILES string of the molecule is C=C([Si])c1ccccc1CI. The molecule has 2 heteroatoms. The van der Waals surface area contributed by atoms with Crippen molar-refractivity contribution in [2.75, 3.05) is 0 Å². The summed E-state index contributed by atoms with van der Waals surface area (Å²) in [6, 6.07) is 8.26. The summed E-state index contributed by atoms with van der Waals surface area (Å²) in [6.07, 6.45) is 0. The van der Waals surface area contributed by atoms with Gasteiger partial charge in [-0.1, -0.05) is 52.1 Å². The molecule has 0 unspecified atom stereocenters. The Bertz CT molecular complexity index is 268. The van der Waals surface area contributed by atoms with Gasteiger partial charge in [0.25, 0.3) is 0 Å². The molecule has 0 N–H and O–H groups in total. The normalized spacial score (nSPS) is 9.64. The van der Waals surface area contributed by atoms with E-state index in [0.29, 0.717) is 0 Å². The van der Waals surface area contributed by atoms with Gasteiger partial charge in [-0.3, -0.25) is 0 Å². The predicted molar refractivity (Wildman–Crippen MR) is 59.0 cm³/mol. The smallest absolute Gasteiger partial charge is 0.0712 e. The number of rotatable bonds is 2. The Hall–Kier alpha value is -0.0931. The Labute approximate surface area is 84.3 Å². The summed E-state index contributed by atoms with van der Waals surface area (Å²) in [5.41, 5.74) is 2.53. The van der Waals surface area contributed by atoms with Crippen LogP contribution in [0.1, 0.15) is 11.1 Å². The summed E-state index contributed by atoms with van der Waals surface area (Å²) in [4.78, 5) is 0. The maximum Gasteiger partial charge on any atom is 0.0712 e. The molecule has 0 spiro atoms. The lowest BCUT2D eigenvalue weighted by Crippen LogP contribution is -1.88. The van der Waals surface area contributed by atoms with Gasteiger partial charge in [0.2, 0.25) is 0 Å². The first-order valence-electron chi connectivity index (χ1n) is 3.30. The average Bonchev–Trinajstić information content (AvgIpc) is 2.04. The highest BCUT2D eigenvalue weighted by molar-refractivity contribution is 14.1. The summed E-state index contributed by atoms with van der Waals surface area (Å²) in [5.74, 6) is 0. The number of hydrogen-bond donors (Lipinski definition) is 0. The van der Waals surface area contributed by atoms with Crippen molar-refractivity contribution in [2.45, 2.75) is 4.43 Å². The lowest BCUT2D eigenvalue weighted by atomic mass is 10.1. The molecule has 0 amide bonds. The largest absolute Gasteiger partial charge is 0.100 e. The first-order valence-corrected chi connectivity index (χ1v) is 5.33. The monoisotopic (exact) mass is 271 g/mol. The summed E-state index contributed by atoms with van der Waals surface area (Å²) in [5, 5.41) is 0.956. The van der Waals surface area contributed by atoms with Crippen molar-refractivity contribution < 1.29 is 0 Å². The number of hydrogen-bond acceptors (Lipinski definition) is 0. The van der Waals surface area contributed by atoms with Gasteiger partial charge in [-0.15, -0.1) is 6.58 Å².